The number of aryl methyl sites for hydroxylation is 3. The molecular formula is C24H27N3O4. The molecule has 2 saturated heterocycles. The molecule has 2 fully saturated rings. The van der Waals surface area contributed by atoms with Crippen molar-refractivity contribution in [3.05, 3.63) is 64.6 Å². The van der Waals surface area contributed by atoms with Crippen molar-refractivity contribution in [1.82, 2.24) is 15.0 Å². The second-order valence-electron chi connectivity index (χ2n) is 9.14. The third kappa shape index (κ3) is 3.19. The van der Waals surface area contributed by atoms with Crippen LogP contribution in [0.1, 0.15) is 28.1 Å². The molecule has 2 aromatic rings. The molecule has 31 heavy (non-hydrogen) atoms. The first-order chi connectivity index (χ1) is 14.8. The summed E-state index contributed by atoms with van der Waals surface area (Å²) >= 11 is 0. The van der Waals surface area contributed by atoms with Crippen LogP contribution in [0, 0.1) is 32.6 Å². The summed E-state index contributed by atoms with van der Waals surface area (Å²) in [6.45, 7) is 7.31. The first-order valence-electron chi connectivity index (χ1n) is 10.7. The van der Waals surface area contributed by atoms with Crippen molar-refractivity contribution < 1.29 is 18.8 Å². The van der Waals surface area contributed by atoms with E-state index in [2.05, 4.69) is 37.2 Å². The zero-order valence-corrected chi connectivity index (χ0v) is 18.3. The monoisotopic (exact) mass is 421 g/mol. The van der Waals surface area contributed by atoms with Crippen molar-refractivity contribution in [3.63, 3.8) is 0 Å². The maximum Gasteiger partial charge on any atom is 0.230 e. The number of likely N-dealkylation sites (tertiary alicyclic amines) is 1. The van der Waals surface area contributed by atoms with Gasteiger partial charge < -0.3 is 19.1 Å². The summed E-state index contributed by atoms with van der Waals surface area (Å²) in [5, 5.41) is 3.88. The molecule has 7 nitrogen and oxygen atoms in total. The van der Waals surface area contributed by atoms with Crippen LogP contribution in [0.15, 0.2) is 40.9 Å². The summed E-state index contributed by atoms with van der Waals surface area (Å²) in [5.74, 6) is -0.488. The molecule has 2 bridgehead atoms. The molecule has 162 valence electrons. The van der Waals surface area contributed by atoms with Gasteiger partial charge in [0.15, 0.2) is 5.76 Å². The summed E-state index contributed by atoms with van der Waals surface area (Å²) in [6, 6.07) is 8.08. The summed E-state index contributed by atoms with van der Waals surface area (Å²) in [4.78, 5) is 30.2. The van der Waals surface area contributed by atoms with Crippen LogP contribution >= 0.6 is 0 Å². The molecule has 2 amide bonds. The summed E-state index contributed by atoms with van der Waals surface area (Å²) < 4.78 is 11.5. The van der Waals surface area contributed by atoms with Gasteiger partial charge in [-0.05, 0) is 37.5 Å². The van der Waals surface area contributed by atoms with Crippen LogP contribution in [0.5, 0.6) is 0 Å². The third-order valence-corrected chi connectivity index (χ3v) is 6.85. The van der Waals surface area contributed by atoms with E-state index in [4.69, 9.17) is 9.26 Å². The van der Waals surface area contributed by atoms with E-state index < -0.39 is 17.4 Å². The molecule has 3 aliphatic heterocycles. The highest BCUT2D eigenvalue weighted by atomic mass is 16.5. The van der Waals surface area contributed by atoms with Crippen LogP contribution in [0.4, 0.5) is 0 Å². The topological polar surface area (TPSA) is 75.9 Å². The quantitative estimate of drug-likeness (QED) is 0.694. The zero-order chi connectivity index (χ0) is 21.9. The van der Waals surface area contributed by atoms with E-state index in [1.807, 2.05) is 30.0 Å². The lowest BCUT2D eigenvalue weighted by Gasteiger charge is -2.27. The molecular weight excluding hydrogens is 394 g/mol. The van der Waals surface area contributed by atoms with E-state index in [1.54, 1.807) is 11.9 Å². The zero-order valence-electron chi connectivity index (χ0n) is 18.3. The second-order valence-corrected chi connectivity index (χ2v) is 9.14. The normalized spacial score (nSPS) is 28.5. The molecule has 0 aliphatic carbocycles. The average Bonchev–Trinajstić information content (AvgIpc) is 3.46. The lowest BCUT2D eigenvalue weighted by Crippen LogP contribution is -2.44. The summed E-state index contributed by atoms with van der Waals surface area (Å²) in [5.41, 5.74) is 3.59. The van der Waals surface area contributed by atoms with Crippen LogP contribution in [0.25, 0.3) is 0 Å². The number of nitrogens with zero attached hydrogens (tertiary/aromatic N) is 3. The van der Waals surface area contributed by atoms with Gasteiger partial charge in [0.1, 0.15) is 5.60 Å². The summed E-state index contributed by atoms with van der Waals surface area (Å²) in [6.07, 6.45) is 3.58. The Bertz CT molecular complexity index is 1090. The van der Waals surface area contributed by atoms with Gasteiger partial charge in [-0.2, -0.15) is 0 Å². The summed E-state index contributed by atoms with van der Waals surface area (Å²) in [7, 11) is 1.73. The average molecular weight is 421 g/mol. The van der Waals surface area contributed by atoms with E-state index in [9.17, 15) is 9.59 Å². The van der Waals surface area contributed by atoms with Gasteiger partial charge in [-0.3, -0.25) is 9.59 Å². The van der Waals surface area contributed by atoms with E-state index in [1.165, 1.54) is 11.1 Å². The molecule has 0 saturated carbocycles. The minimum absolute atomic E-state index is 0.00709. The fraction of sp³-hybridized carbons (Fsp3) is 0.458. The number of amides is 2. The molecule has 0 unspecified atom stereocenters. The van der Waals surface area contributed by atoms with Crippen molar-refractivity contribution in [3.8, 4) is 0 Å². The van der Waals surface area contributed by atoms with Gasteiger partial charge in [0.05, 0.1) is 36.7 Å². The van der Waals surface area contributed by atoms with Crippen molar-refractivity contribution in [2.75, 3.05) is 13.6 Å². The molecule has 0 radical (unpaired) electrons. The van der Waals surface area contributed by atoms with Gasteiger partial charge in [-0.25, -0.2) is 0 Å². The van der Waals surface area contributed by atoms with Crippen LogP contribution in [0.3, 0.4) is 0 Å². The molecule has 3 aliphatic rings. The molecule has 1 aromatic heterocycles. The number of hydrogen-bond donors (Lipinski definition) is 0. The molecule has 7 heteroatoms. The SMILES string of the molecule is Cc1cc(CN(C)C(=O)[C@H]2[C@@H]3C=C[C@@]4(CN(Cc5ccc(C)c(C)c5)C(=O)[C@@H]24)O3)on1. The Hall–Kier alpha value is -2.93. The largest absolute Gasteiger partial charge is 0.360 e. The molecule has 0 N–H and O–H groups in total. The molecule has 4 heterocycles. The number of carbonyl (C=O) groups excluding carboxylic acids is 2. The number of benzene rings is 1. The number of ether oxygens (including phenoxy) is 1. The number of carbonyl (C=O) groups is 2. The Kier molecular flexibility index (Phi) is 4.55. The first kappa shape index (κ1) is 20.0. The maximum absolute atomic E-state index is 13.4. The van der Waals surface area contributed by atoms with Gasteiger partial charge in [0.25, 0.3) is 0 Å². The van der Waals surface area contributed by atoms with Gasteiger partial charge in [-0.1, -0.05) is 35.5 Å². The van der Waals surface area contributed by atoms with Crippen LogP contribution in [-0.2, 0) is 27.4 Å². The van der Waals surface area contributed by atoms with Crippen molar-refractivity contribution in [2.45, 2.75) is 45.6 Å². The Morgan fingerprint density at radius 2 is 2.06 bits per heavy atom. The molecule has 5 rings (SSSR count). The first-order valence-corrected chi connectivity index (χ1v) is 10.7. The molecule has 1 aromatic carbocycles. The van der Waals surface area contributed by atoms with Gasteiger partial charge in [0, 0.05) is 19.7 Å². The van der Waals surface area contributed by atoms with Crippen LogP contribution < -0.4 is 0 Å². The highest BCUT2D eigenvalue weighted by Crippen LogP contribution is 2.52. The van der Waals surface area contributed by atoms with E-state index in [-0.39, 0.29) is 17.9 Å². The maximum atomic E-state index is 13.4. The predicted octanol–water partition coefficient (Wildman–Crippen LogP) is 2.54. The van der Waals surface area contributed by atoms with Gasteiger partial charge >= 0.3 is 0 Å². The standard InChI is InChI=1S/C24H27N3O4/c1-14-5-6-17(9-15(14)2)11-27-13-24-8-7-19(30-24)20(21(24)23(27)29)22(28)26(4)12-18-10-16(3)25-31-18/h5-10,19-21H,11-13H2,1-4H3/t19-,20-,21+,24-/m0/s1. The number of fused-ring (bicyclic) bond motifs is 1. The number of hydrogen-bond acceptors (Lipinski definition) is 5. The van der Waals surface area contributed by atoms with Crippen molar-refractivity contribution >= 4 is 11.8 Å². The number of rotatable bonds is 5. The minimum Gasteiger partial charge on any atom is -0.360 e. The van der Waals surface area contributed by atoms with E-state index >= 15 is 0 Å². The van der Waals surface area contributed by atoms with Crippen molar-refractivity contribution in [1.29, 1.82) is 0 Å². The molecule has 1 spiro atoms. The highest BCUT2D eigenvalue weighted by molar-refractivity contribution is 5.93. The Labute approximate surface area is 181 Å². The van der Waals surface area contributed by atoms with Gasteiger partial charge in [-0.15, -0.1) is 0 Å². The number of aromatic nitrogens is 1. The lowest BCUT2D eigenvalue weighted by molar-refractivity contribution is -0.143. The Morgan fingerprint density at radius 3 is 2.77 bits per heavy atom. The fourth-order valence-electron chi connectivity index (χ4n) is 5.17. The highest BCUT2D eigenvalue weighted by Gasteiger charge is 2.67. The third-order valence-electron chi connectivity index (χ3n) is 6.85. The van der Waals surface area contributed by atoms with E-state index in [0.717, 1.165) is 11.3 Å². The van der Waals surface area contributed by atoms with Crippen molar-refractivity contribution in [2.24, 2.45) is 11.8 Å². The van der Waals surface area contributed by atoms with E-state index in [0.29, 0.717) is 25.4 Å². The Morgan fingerprint density at radius 1 is 1.26 bits per heavy atom. The lowest BCUT2D eigenvalue weighted by atomic mass is 9.76. The molecule has 4 atom stereocenters. The Balaban J connectivity index is 1.35. The smallest absolute Gasteiger partial charge is 0.230 e. The van der Waals surface area contributed by atoms with Crippen LogP contribution in [0.2, 0.25) is 0 Å². The second kappa shape index (κ2) is 7.05. The fourth-order valence-corrected chi connectivity index (χ4v) is 5.17. The van der Waals surface area contributed by atoms with Crippen LogP contribution in [-0.4, -0.2) is 52.1 Å². The predicted molar refractivity (Wildman–Crippen MR) is 113 cm³/mol. The minimum atomic E-state index is -0.703. The van der Waals surface area contributed by atoms with Gasteiger partial charge in [0.2, 0.25) is 11.8 Å².